The molecule has 0 aromatic carbocycles. The molecule has 0 fully saturated rings. The number of unbranched alkanes of at least 4 members (excludes halogenated alkanes) is 4. The van der Waals surface area contributed by atoms with Gasteiger partial charge in [-0.1, -0.05) is 59.5 Å². The van der Waals surface area contributed by atoms with Crippen molar-refractivity contribution in [2.75, 3.05) is 19.8 Å². The molecule has 0 aromatic rings. The second-order valence-electron chi connectivity index (χ2n) is 5.40. The third kappa shape index (κ3) is 11.1. The van der Waals surface area contributed by atoms with Crippen LogP contribution in [0.3, 0.4) is 0 Å². The van der Waals surface area contributed by atoms with E-state index in [0.717, 1.165) is 71.2 Å². The molecule has 0 bridgehead atoms. The standard InChI is InChI=1S/C17H36O3Si/c1-5-9-13-17-21(18-14-10-6-2,19-15-11-7-3)20-16-12-8-4/h13,17H,5-12,14-16H2,1-4H3. The minimum atomic E-state index is -2.63. The summed E-state index contributed by atoms with van der Waals surface area (Å²) >= 11 is 0. The van der Waals surface area contributed by atoms with Crippen LogP contribution in [0.2, 0.25) is 0 Å². The average Bonchev–Trinajstić information content (AvgIpc) is 2.48. The first-order chi connectivity index (χ1) is 10.2. The molecular weight excluding hydrogens is 280 g/mol. The van der Waals surface area contributed by atoms with Gasteiger partial charge in [-0.3, -0.25) is 0 Å². The van der Waals surface area contributed by atoms with E-state index in [2.05, 4.69) is 39.5 Å². The summed E-state index contributed by atoms with van der Waals surface area (Å²) in [5.74, 6) is 0. The summed E-state index contributed by atoms with van der Waals surface area (Å²) in [5.41, 5.74) is 2.11. The van der Waals surface area contributed by atoms with Crippen molar-refractivity contribution < 1.29 is 13.3 Å². The van der Waals surface area contributed by atoms with Gasteiger partial charge in [0.1, 0.15) is 0 Å². The molecule has 0 radical (unpaired) electrons. The molecule has 0 amide bonds. The normalized spacial score (nSPS) is 12.4. The van der Waals surface area contributed by atoms with Crippen LogP contribution in [0.25, 0.3) is 0 Å². The van der Waals surface area contributed by atoms with E-state index in [0.29, 0.717) is 0 Å². The van der Waals surface area contributed by atoms with Crippen LogP contribution in [0.1, 0.15) is 79.1 Å². The van der Waals surface area contributed by atoms with Gasteiger partial charge in [0.05, 0.1) is 0 Å². The van der Waals surface area contributed by atoms with Crippen molar-refractivity contribution in [3.8, 4) is 0 Å². The molecule has 0 spiro atoms. The Kier molecular flexibility index (Phi) is 14.6. The largest absolute Gasteiger partial charge is 0.529 e. The second kappa shape index (κ2) is 14.8. The van der Waals surface area contributed by atoms with Gasteiger partial charge in [0.25, 0.3) is 0 Å². The van der Waals surface area contributed by atoms with Crippen LogP contribution < -0.4 is 0 Å². The van der Waals surface area contributed by atoms with Crippen LogP contribution in [0.15, 0.2) is 11.8 Å². The highest BCUT2D eigenvalue weighted by atomic mass is 28.4. The first-order valence-electron chi connectivity index (χ1n) is 8.84. The Morgan fingerprint density at radius 2 is 1.10 bits per heavy atom. The van der Waals surface area contributed by atoms with E-state index in [9.17, 15) is 0 Å². The van der Waals surface area contributed by atoms with E-state index in [-0.39, 0.29) is 0 Å². The molecule has 0 aliphatic carbocycles. The maximum absolute atomic E-state index is 6.12. The van der Waals surface area contributed by atoms with Crippen molar-refractivity contribution in [3.05, 3.63) is 11.8 Å². The zero-order chi connectivity index (χ0) is 15.8. The fraction of sp³-hybridized carbons (Fsp3) is 0.882. The molecule has 0 aliphatic heterocycles. The molecule has 0 saturated carbocycles. The van der Waals surface area contributed by atoms with Gasteiger partial charge in [0.15, 0.2) is 0 Å². The molecule has 4 heteroatoms. The van der Waals surface area contributed by atoms with E-state index in [1.165, 1.54) is 0 Å². The van der Waals surface area contributed by atoms with Crippen molar-refractivity contribution in [1.29, 1.82) is 0 Å². The fourth-order valence-corrected chi connectivity index (χ4v) is 4.02. The van der Waals surface area contributed by atoms with Crippen LogP contribution in [-0.4, -0.2) is 28.6 Å². The number of allylic oxidation sites excluding steroid dienone is 1. The zero-order valence-electron chi connectivity index (χ0n) is 14.7. The maximum Gasteiger partial charge on any atom is 0.529 e. The van der Waals surface area contributed by atoms with Gasteiger partial charge in [-0.25, -0.2) is 0 Å². The minimum absolute atomic E-state index is 0.734. The Bertz CT molecular complexity index is 218. The summed E-state index contributed by atoms with van der Waals surface area (Å²) in [6, 6.07) is 0. The monoisotopic (exact) mass is 316 g/mol. The third-order valence-corrected chi connectivity index (χ3v) is 5.64. The van der Waals surface area contributed by atoms with Gasteiger partial charge in [0.2, 0.25) is 0 Å². The smallest absolute Gasteiger partial charge is 0.370 e. The Hall–Kier alpha value is -0.163. The SMILES string of the molecule is CCCC=C[Si](OCCCC)(OCCCC)OCCCC. The second-order valence-corrected chi connectivity index (χ2v) is 7.81. The summed E-state index contributed by atoms with van der Waals surface area (Å²) in [5, 5.41) is 0. The molecule has 3 nitrogen and oxygen atoms in total. The lowest BCUT2D eigenvalue weighted by Crippen LogP contribution is -2.45. The van der Waals surface area contributed by atoms with E-state index in [4.69, 9.17) is 13.3 Å². The predicted molar refractivity (Wildman–Crippen MR) is 92.4 cm³/mol. The zero-order valence-corrected chi connectivity index (χ0v) is 15.7. The van der Waals surface area contributed by atoms with Crippen LogP contribution in [0, 0.1) is 0 Å². The van der Waals surface area contributed by atoms with Crippen LogP contribution in [0.4, 0.5) is 0 Å². The number of hydrogen-bond donors (Lipinski definition) is 0. The first-order valence-corrected chi connectivity index (χ1v) is 10.6. The Balaban J connectivity index is 4.69. The van der Waals surface area contributed by atoms with E-state index in [1.54, 1.807) is 0 Å². The van der Waals surface area contributed by atoms with Crippen molar-refractivity contribution in [1.82, 2.24) is 0 Å². The molecule has 126 valence electrons. The molecule has 0 unspecified atom stereocenters. The molecule has 0 atom stereocenters. The minimum Gasteiger partial charge on any atom is -0.370 e. The summed E-state index contributed by atoms with van der Waals surface area (Å²) in [4.78, 5) is 0. The van der Waals surface area contributed by atoms with E-state index >= 15 is 0 Å². The van der Waals surface area contributed by atoms with Gasteiger partial charge < -0.3 is 13.3 Å². The third-order valence-electron chi connectivity index (χ3n) is 3.18. The summed E-state index contributed by atoms with van der Waals surface area (Å²) in [7, 11) is -2.63. The predicted octanol–water partition coefficient (Wildman–Crippen LogP) is 5.27. The van der Waals surface area contributed by atoms with Gasteiger partial charge in [-0.05, 0) is 31.4 Å². The molecule has 0 heterocycles. The molecular formula is C17H36O3Si. The summed E-state index contributed by atoms with van der Waals surface area (Å²) in [6.45, 7) is 10.9. The number of hydrogen-bond acceptors (Lipinski definition) is 3. The molecule has 0 aliphatic rings. The van der Waals surface area contributed by atoms with Crippen LogP contribution in [-0.2, 0) is 13.3 Å². The Morgan fingerprint density at radius 3 is 1.43 bits per heavy atom. The summed E-state index contributed by atoms with van der Waals surface area (Å²) in [6.07, 6.45) is 10.9. The van der Waals surface area contributed by atoms with Gasteiger partial charge in [-0.2, -0.15) is 0 Å². The van der Waals surface area contributed by atoms with Crippen molar-refractivity contribution in [2.24, 2.45) is 0 Å². The molecule has 0 rings (SSSR count). The average molecular weight is 317 g/mol. The highest BCUT2D eigenvalue weighted by Gasteiger charge is 2.38. The maximum atomic E-state index is 6.12. The lowest BCUT2D eigenvalue weighted by atomic mass is 10.3. The van der Waals surface area contributed by atoms with E-state index < -0.39 is 8.80 Å². The Morgan fingerprint density at radius 1 is 0.667 bits per heavy atom. The number of rotatable bonds is 15. The Labute approximate surface area is 133 Å². The van der Waals surface area contributed by atoms with Gasteiger partial charge >= 0.3 is 8.80 Å². The molecule has 0 saturated heterocycles. The van der Waals surface area contributed by atoms with E-state index in [1.807, 2.05) is 0 Å². The topological polar surface area (TPSA) is 27.7 Å². The van der Waals surface area contributed by atoms with Crippen molar-refractivity contribution >= 4 is 8.80 Å². The molecule has 0 aromatic heterocycles. The van der Waals surface area contributed by atoms with Gasteiger partial charge in [0, 0.05) is 19.8 Å². The van der Waals surface area contributed by atoms with Crippen molar-refractivity contribution in [3.63, 3.8) is 0 Å². The molecule has 21 heavy (non-hydrogen) atoms. The highest BCUT2D eigenvalue weighted by molar-refractivity contribution is 6.66. The lowest BCUT2D eigenvalue weighted by Gasteiger charge is -2.27. The summed E-state index contributed by atoms with van der Waals surface area (Å²) < 4.78 is 18.4. The quantitative estimate of drug-likeness (QED) is 0.304. The fourth-order valence-electron chi connectivity index (χ4n) is 1.74. The van der Waals surface area contributed by atoms with Gasteiger partial charge in [-0.15, -0.1) is 0 Å². The lowest BCUT2D eigenvalue weighted by molar-refractivity contribution is 0.0684. The highest BCUT2D eigenvalue weighted by Crippen LogP contribution is 2.15. The van der Waals surface area contributed by atoms with Crippen molar-refractivity contribution in [2.45, 2.75) is 79.1 Å². The van der Waals surface area contributed by atoms with Crippen LogP contribution in [0.5, 0.6) is 0 Å². The molecule has 0 N–H and O–H groups in total. The first kappa shape index (κ1) is 20.8. The van der Waals surface area contributed by atoms with Crippen LogP contribution >= 0.6 is 0 Å².